The summed E-state index contributed by atoms with van der Waals surface area (Å²) in [5, 5.41) is 0. The average molecular weight is 246 g/mol. The van der Waals surface area contributed by atoms with Crippen LogP contribution in [0.3, 0.4) is 0 Å². The molecule has 7 heteroatoms. The summed E-state index contributed by atoms with van der Waals surface area (Å²) in [6.07, 6.45) is 1.54. The summed E-state index contributed by atoms with van der Waals surface area (Å²) in [5.74, 6) is -0.957. The number of hydrogen-bond acceptors (Lipinski definition) is 6. The lowest BCUT2D eigenvalue weighted by molar-refractivity contribution is -0.137. The van der Waals surface area contributed by atoms with Gasteiger partial charge in [-0.2, -0.15) is 0 Å². The van der Waals surface area contributed by atoms with E-state index in [-0.39, 0.29) is 6.10 Å². The van der Waals surface area contributed by atoms with Crippen LogP contribution in [0.4, 0.5) is 0 Å². The Balaban J connectivity index is 2.28. The van der Waals surface area contributed by atoms with Gasteiger partial charge in [0.2, 0.25) is 0 Å². The molecule has 16 heavy (non-hydrogen) atoms. The van der Waals surface area contributed by atoms with E-state index in [0.29, 0.717) is 13.2 Å². The third-order valence-corrected chi connectivity index (χ3v) is 3.18. The molecule has 0 aromatic heterocycles. The Hall–Kier alpha value is -1.34. The minimum atomic E-state index is -2.44. The van der Waals surface area contributed by atoms with Crippen molar-refractivity contribution in [2.45, 2.75) is 20.0 Å². The molecular formula is C9H14O6Si. The first kappa shape index (κ1) is 12.7. The number of carbonyl (C=O) groups is 2. The van der Waals surface area contributed by atoms with Crippen molar-refractivity contribution in [3.8, 4) is 0 Å². The quantitative estimate of drug-likeness (QED) is 0.367. The number of hydrogen-bond donors (Lipinski definition) is 0. The molecule has 1 rings (SSSR count). The van der Waals surface area contributed by atoms with Crippen LogP contribution in [0.15, 0.2) is 12.0 Å². The maximum absolute atomic E-state index is 10.7. The van der Waals surface area contributed by atoms with Gasteiger partial charge in [-0.15, -0.1) is 0 Å². The van der Waals surface area contributed by atoms with Gasteiger partial charge < -0.3 is 18.3 Å². The Labute approximate surface area is 95.0 Å². The fourth-order valence-corrected chi connectivity index (χ4v) is 1.98. The number of epoxide rings is 1. The van der Waals surface area contributed by atoms with E-state index in [1.165, 1.54) is 25.8 Å². The van der Waals surface area contributed by atoms with Gasteiger partial charge in [0.05, 0.1) is 12.9 Å². The molecule has 0 bridgehead atoms. The zero-order chi connectivity index (χ0) is 12.0. The molecule has 0 aliphatic carbocycles. The highest BCUT2D eigenvalue weighted by molar-refractivity contribution is 6.54. The SMILES string of the molecule is CC(=O)O[SiH](C=COCC1CO1)OC(C)=O. The van der Waals surface area contributed by atoms with Gasteiger partial charge >= 0.3 is 9.28 Å². The highest BCUT2D eigenvalue weighted by atomic mass is 28.3. The fraction of sp³-hybridized carbons (Fsp3) is 0.556. The molecule has 0 N–H and O–H groups in total. The van der Waals surface area contributed by atoms with Gasteiger partial charge in [0.1, 0.15) is 12.7 Å². The third kappa shape index (κ3) is 6.20. The third-order valence-electron chi connectivity index (χ3n) is 1.58. The molecule has 1 fully saturated rings. The number of carbonyl (C=O) groups excluding carboxylic acids is 2. The molecule has 1 heterocycles. The van der Waals surface area contributed by atoms with E-state index in [0.717, 1.165) is 0 Å². The zero-order valence-corrected chi connectivity index (χ0v) is 10.3. The molecule has 0 radical (unpaired) electrons. The number of rotatable bonds is 6. The summed E-state index contributed by atoms with van der Waals surface area (Å²) in [4.78, 5) is 21.4. The van der Waals surface area contributed by atoms with Gasteiger partial charge in [-0.05, 0) is 0 Å². The van der Waals surface area contributed by atoms with E-state index in [9.17, 15) is 9.59 Å². The summed E-state index contributed by atoms with van der Waals surface area (Å²) in [7, 11) is -2.44. The van der Waals surface area contributed by atoms with E-state index in [4.69, 9.17) is 18.3 Å². The molecule has 6 nitrogen and oxygen atoms in total. The van der Waals surface area contributed by atoms with Crippen molar-refractivity contribution < 1.29 is 27.9 Å². The van der Waals surface area contributed by atoms with E-state index >= 15 is 0 Å². The molecule has 0 spiro atoms. The van der Waals surface area contributed by atoms with Gasteiger partial charge in [-0.1, -0.05) is 0 Å². The second kappa shape index (κ2) is 6.29. The number of ether oxygens (including phenoxy) is 2. The van der Waals surface area contributed by atoms with E-state index in [1.54, 1.807) is 0 Å². The van der Waals surface area contributed by atoms with E-state index in [1.807, 2.05) is 0 Å². The minimum absolute atomic E-state index is 0.159. The van der Waals surface area contributed by atoms with Gasteiger partial charge in [0, 0.05) is 19.5 Å². The topological polar surface area (TPSA) is 74.4 Å². The van der Waals surface area contributed by atoms with Gasteiger partial charge in [0.25, 0.3) is 11.9 Å². The molecule has 90 valence electrons. The predicted octanol–water partition coefficient (Wildman–Crippen LogP) is -0.199. The van der Waals surface area contributed by atoms with Crippen molar-refractivity contribution in [1.29, 1.82) is 0 Å². The Kier molecular flexibility index (Phi) is 5.00. The first-order chi connectivity index (χ1) is 7.58. The molecular weight excluding hydrogens is 232 g/mol. The molecule has 1 saturated heterocycles. The van der Waals surface area contributed by atoms with Crippen LogP contribution >= 0.6 is 0 Å². The van der Waals surface area contributed by atoms with Gasteiger partial charge in [-0.25, -0.2) is 0 Å². The molecule has 1 atom stereocenters. The molecule has 0 amide bonds. The lowest BCUT2D eigenvalue weighted by Crippen LogP contribution is -2.25. The Bertz CT molecular complexity index is 270. The highest BCUT2D eigenvalue weighted by Crippen LogP contribution is 2.08. The van der Waals surface area contributed by atoms with Crippen LogP contribution in [0.5, 0.6) is 0 Å². The Morgan fingerprint density at radius 2 is 1.94 bits per heavy atom. The van der Waals surface area contributed by atoms with Crippen LogP contribution in [0.25, 0.3) is 0 Å². The van der Waals surface area contributed by atoms with Crippen molar-refractivity contribution in [2.75, 3.05) is 13.2 Å². The standard InChI is InChI=1S/C9H14O6Si/c1-7(10)14-16(15-8(2)11)4-3-12-5-9-6-13-9/h3-4,9,16H,5-6H2,1-2H3. The van der Waals surface area contributed by atoms with Crippen LogP contribution in [-0.4, -0.2) is 40.5 Å². The predicted molar refractivity (Wildman–Crippen MR) is 55.5 cm³/mol. The zero-order valence-electron chi connectivity index (χ0n) is 9.17. The smallest absolute Gasteiger partial charge is 0.478 e. The summed E-state index contributed by atoms with van der Waals surface area (Å²) in [6.45, 7) is 3.69. The van der Waals surface area contributed by atoms with Crippen molar-refractivity contribution in [2.24, 2.45) is 0 Å². The average Bonchev–Trinajstić information content (AvgIpc) is 2.93. The molecule has 0 aromatic carbocycles. The monoisotopic (exact) mass is 246 g/mol. The van der Waals surface area contributed by atoms with Gasteiger partial charge in [0.15, 0.2) is 0 Å². The lowest BCUT2D eigenvalue weighted by Gasteiger charge is -2.10. The van der Waals surface area contributed by atoms with Crippen LogP contribution in [0.2, 0.25) is 0 Å². The largest absolute Gasteiger partial charge is 0.499 e. The second-order valence-corrected chi connectivity index (χ2v) is 4.80. The van der Waals surface area contributed by atoms with E-state index < -0.39 is 21.2 Å². The van der Waals surface area contributed by atoms with Crippen LogP contribution in [0.1, 0.15) is 13.8 Å². The van der Waals surface area contributed by atoms with Gasteiger partial charge in [-0.3, -0.25) is 9.59 Å². The van der Waals surface area contributed by atoms with Crippen molar-refractivity contribution in [3.05, 3.63) is 12.0 Å². The van der Waals surface area contributed by atoms with E-state index in [2.05, 4.69) is 0 Å². The van der Waals surface area contributed by atoms with Crippen molar-refractivity contribution in [3.63, 3.8) is 0 Å². The normalized spacial score (nSPS) is 18.6. The lowest BCUT2D eigenvalue weighted by atomic mass is 10.5. The maximum Gasteiger partial charge on any atom is 0.478 e. The second-order valence-electron chi connectivity index (χ2n) is 3.20. The first-order valence-corrected chi connectivity index (χ1v) is 6.43. The summed E-state index contributed by atoms with van der Waals surface area (Å²) in [6, 6.07) is 0. The molecule has 1 aliphatic heterocycles. The summed E-state index contributed by atoms with van der Waals surface area (Å²) in [5.41, 5.74) is 1.48. The molecule has 0 aromatic rings. The highest BCUT2D eigenvalue weighted by Gasteiger charge is 2.22. The molecule has 1 aliphatic rings. The Morgan fingerprint density at radius 1 is 1.38 bits per heavy atom. The maximum atomic E-state index is 10.7. The van der Waals surface area contributed by atoms with Crippen LogP contribution < -0.4 is 0 Å². The summed E-state index contributed by atoms with van der Waals surface area (Å²) < 4.78 is 19.7. The van der Waals surface area contributed by atoms with Crippen molar-refractivity contribution in [1.82, 2.24) is 0 Å². The summed E-state index contributed by atoms with van der Waals surface area (Å²) >= 11 is 0. The fourth-order valence-electron chi connectivity index (χ4n) is 0.877. The van der Waals surface area contributed by atoms with Crippen molar-refractivity contribution >= 4 is 21.2 Å². The van der Waals surface area contributed by atoms with Crippen LogP contribution in [-0.2, 0) is 27.9 Å². The molecule has 0 saturated carbocycles. The van der Waals surface area contributed by atoms with Crippen LogP contribution in [0, 0.1) is 0 Å². The minimum Gasteiger partial charge on any atom is -0.499 e. The molecule has 1 unspecified atom stereocenters. The Morgan fingerprint density at radius 3 is 2.38 bits per heavy atom. The first-order valence-electron chi connectivity index (χ1n) is 4.82.